The molecule has 0 bridgehead atoms. The van der Waals surface area contributed by atoms with Crippen LogP contribution in [0.3, 0.4) is 0 Å². The zero-order valence-electron chi connectivity index (χ0n) is 53.2. The Morgan fingerprint density at radius 3 is 1.21 bits per heavy atom. The molecule has 4 heterocycles. The van der Waals surface area contributed by atoms with Crippen LogP contribution in [0.1, 0.15) is 108 Å². The number of pyridine rings is 4. The molecule has 23 nitrogen and oxygen atoms in total. The van der Waals surface area contributed by atoms with Gasteiger partial charge in [0.2, 0.25) is 0 Å². The van der Waals surface area contributed by atoms with E-state index < -0.39 is 70.3 Å². The van der Waals surface area contributed by atoms with Crippen LogP contribution in [0, 0.1) is 0 Å². The number of anilines is 4. The van der Waals surface area contributed by atoms with Crippen molar-refractivity contribution in [3.63, 3.8) is 0 Å². The van der Waals surface area contributed by atoms with Crippen LogP contribution in [0.4, 0.5) is 37.7 Å². The molecule has 0 saturated heterocycles. The van der Waals surface area contributed by atoms with Crippen molar-refractivity contribution < 1.29 is 65.8 Å². The van der Waals surface area contributed by atoms with Crippen molar-refractivity contribution in [1.29, 1.82) is 0 Å². The van der Waals surface area contributed by atoms with Crippen LogP contribution in [0.2, 0.25) is 0 Å². The van der Waals surface area contributed by atoms with Crippen molar-refractivity contribution >= 4 is 98.2 Å². The molecule has 7 aromatic rings. The van der Waals surface area contributed by atoms with Crippen LogP contribution in [0.5, 0.6) is 0 Å². The van der Waals surface area contributed by atoms with E-state index in [1.165, 1.54) is 92.0 Å². The molecular weight excluding hydrogens is 1190 g/mol. The lowest BCUT2D eigenvalue weighted by molar-refractivity contribution is -0.0757. The number of carboxylic acids is 1. The summed E-state index contributed by atoms with van der Waals surface area (Å²) in [4.78, 5) is 77.0. The van der Waals surface area contributed by atoms with E-state index in [1.54, 1.807) is 53.8 Å². The molecule has 3 aromatic carbocycles. The predicted molar refractivity (Wildman–Crippen MR) is 354 cm³/mol. The monoisotopic (exact) mass is 1280 g/mol. The summed E-state index contributed by atoms with van der Waals surface area (Å²) in [6.07, 6.45) is 9.39. The van der Waals surface area contributed by atoms with Gasteiger partial charge in [-0.3, -0.25) is 29.8 Å². The second kappa shape index (κ2) is 33.9. The largest absolute Gasteiger partial charge is 0.478 e. The zero-order valence-corrected chi connectivity index (χ0v) is 54.9. The number of rotatable bonds is 14. The molecule has 0 spiro atoms. The maximum atomic E-state index is 11.7. The Labute approximate surface area is 527 Å². The molecule has 7 rings (SSSR count). The van der Waals surface area contributed by atoms with Gasteiger partial charge in [-0.2, -0.15) is 8.42 Å². The lowest BCUT2D eigenvalue weighted by atomic mass is 9.99. The molecule has 1 atom stereocenters. The van der Waals surface area contributed by atoms with Crippen LogP contribution in [-0.4, -0.2) is 124 Å². The average Bonchev–Trinajstić information content (AvgIpc) is 1.14. The predicted octanol–water partition coefficient (Wildman–Crippen LogP) is 10.9. The van der Waals surface area contributed by atoms with E-state index in [0.717, 1.165) is 22.5 Å². The van der Waals surface area contributed by atoms with Crippen LogP contribution in [0.15, 0.2) is 171 Å². The summed E-state index contributed by atoms with van der Waals surface area (Å²) in [5, 5.41) is 31.2. The summed E-state index contributed by atoms with van der Waals surface area (Å²) < 4.78 is 41.9. The summed E-state index contributed by atoms with van der Waals surface area (Å²) in [6, 6.07) is 44.4. The first-order chi connectivity index (χ1) is 41.8. The highest BCUT2D eigenvalue weighted by Crippen LogP contribution is 2.41. The third-order valence-corrected chi connectivity index (χ3v) is 15.4. The maximum Gasteiger partial charge on any atom is 0.413 e. The normalized spacial score (nSPS) is 11.8. The maximum absolute atomic E-state index is 11.7. The number of hydrogen-bond donors (Lipinski definition) is 6. The van der Waals surface area contributed by atoms with Crippen LogP contribution in [0.25, 0.3) is 5.57 Å². The van der Waals surface area contributed by atoms with E-state index in [2.05, 4.69) is 138 Å². The number of aromatic carboxylic acids is 1. The van der Waals surface area contributed by atoms with Gasteiger partial charge in [0.25, 0.3) is 16.0 Å². The molecule has 7 N–H and O–H groups in total. The lowest BCUT2D eigenvalue weighted by Crippen LogP contribution is -2.30. The number of hydroxylamine groups is 2. The fourth-order valence-electron chi connectivity index (χ4n) is 6.92. The van der Waals surface area contributed by atoms with E-state index >= 15 is 0 Å². The van der Waals surface area contributed by atoms with Gasteiger partial charge in [0, 0.05) is 37.4 Å². The highest BCUT2D eigenvalue weighted by molar-refractivity contribution is 7.93. The number of carbonyl (C=O) groups excluding carboxylic acids is 4. The quantitative estimate of drug-likeness (QED) is 0.0255. The highest BCUT2D eigenvalue weighted by Gasteiger charge is 2.27. The van der Waals surface area contributed by atoms with Gasteiger partial charge in [0.05, 0.1) is 31.1 Å². The second-order valence-electron chi connectivity index (χ2n) is 22.8. The number of aromatic nitrogens is 4. The van der Waals surface area contributed by atoms with Crippen molar-refractivity contribution in [1.82, 2.24) is 25.0 Å². The van der Waals surface area contributed by atoms with Crippen LogP contribution in [-0.2, 0) is 39.0 Å². The fraction of sp³-hybridized carbons (Fsp3) is 0.292. The van der Waals surface area contributed by atoms with Crippen molar-refractivity contribution in [2.45, 2.75) is 98.6 Å². The minimum Gasteiger partial charge on any atom is -0.478 e. The molecule has 25 heteroatoms. The Morgan fingerprint density at radius 1 is 0.567 bits per heavy atom. The third kappa shape index (κ3) is 27.8. The van der Waals surface area contributed by atoms with Crippen molar-refractivity contribution in [3.8, 4) is 0 Å². The highest BCUT2D eigenvalue weighted by atomic mass is 32.2. The Morgan fingerprint density at radius 2 is 0.922 bits per heavy atom. The summed E-state index contributed by atoms with van der Waals surface area (Å²) >= 11 is 0. The third-order valence-electron chi connectivity index (χ3n) is 11.3. The van der Waals surface area contributed by atoms with Crippen molar-refractivity contribution in [2.24, 2.45) is 0 Å². The Bertz CT molecular complexity index is 3500. The summed E-state index contributed by atoms with van der Waals surface area (Å²) in [5.74, 6) is 0.00395. The molecule has 0 radical (unpaired) electrons. The molecule has 0 fully saturated rings. The number of nitrogens with one attached hydrogen (secondary N) is 3. The molecule has 0 aliphatic heterocycles. The van der Waals surface area contributed by atoms with Gasteiger partial charge in [-0.05, 0) is 153 Å². The van der Waals surface area contributed by atoms with Gasteiger partial charge in [-0.15, -0.1) is 0 Å². The minimum atomic E-state index is -3.66. The van der Waals surface area contributed by atoms with Gasteiger partial charge in [0.15, 0.2) is 0 Å². The summed E-state index contributed by atoms with van der Waals surface area (Å²) in [6.45, 7) is 20.8. The topological polar surface area (TPSA) is 323 Å². The molecule has 0 unspecified atom stereocenters. The van der Waals surface area contributed by atoms with Crippen LogP contribution < -0.4 is 37.6 Å². The minimum absolute atomic E-state index is 0.147. The molecule has 4 amide bonds. The van der Waals surface area contributed by atoms with E-state index in [9.17, 15) is 37.5 Å². The van der Waals surface area contributed by atoms with Gasteiger partial charge < -0.3 is 30.2 Å². The van der Waals surface area contributed by atoms with Gasteiger partial charge in [0.1, 0.15) is 45.7 Å². The molecule has 4 aromatic heterocycles. The number of ether oxygens (including phenoxy) is 3. The first-order valence-corrected chi connectivity index (χ1v) is 31.4. The molecule has 0 aliphatic carbocycles. The molecule has 0 aliphatic rings. The Hall–Kier alpha value is -9.32. The molecular formula is C65H82N9O14PS. The first kappa shape index (κ1) is 74.9. The Kier molecular flexibility index (Phi) is 28.2. The summed E-state index contributed by atoms with van der Waals surface area (Å²) in [5.41, 5.74) is 4.68. The number of amides is 4. The fourth-order valence-corrected chi connectivity index (χ4v) is 10.3. The number of benzene rings is 3. The standard InChI is InChI=1S/C19H17P.C14H22N2O6S.C13H19N3O4.C13H18N2O2.C6H6N2O2/c1-20(17-11-5-2-6-12-17,18-13-7-3-8-14-18)19-15-9-4-10-16-19;1-13(2,3)22-12(17)16-11-7-6-10(8-15-11)14(4,18)9-21-23(5,19)20;1-13(2,3)20-12(18)15-10-7-6-9(8-14-10)11(17)16(4)19-5;1-9(2)10-6-7-11(14-8-10)15-12(16)17-13(3,4)5;7-5-2-1-4(3-8-5)6(9)10/h2-16H,1H2;6-8,18H,9H2,1-5H3,(H,15,16,17);6-8H,1-5H3,(H,14,15,18);6-8H,1H2,2-5H3,(H,14,15,16);1-3H,(H2,7,8)(H,9,10)/t;14-;;;/m.1.../s1. The van der Waals surface area contributed by atoms with Gasteiger partial charge in [-0.25, -0.2) is 44.2 Å². The lowest BCUT2D eigenvalue weighted by Gasteiger charge is -2.26. The van der Waals surface area contributed by atoms with E-state index in [4.69, 9.17) is 36.2 Å². The second-order valence-corrected chi connectivity index (χ2v) is 27.6. The van der Waals surface area contributed by atoms with Crippen molar-refractivity contribution in [2.75, 3.05) is 48.7 Å². The molecule has 90 heavy (non-hydrogen) atoms. The van der Waals surface area contributed by atoms with Crippen molar-refractivity contribution in [3.05, 3.63) is 193 Å². The number of carboxylic acid groups (broad SMARTS) is 1. The van der Waals surface area contributed by atoms with Crippen LogP contribution >= 0.6 is 6.89 Å². The van der Waals surface area contributed by atoms with Gasteiger partial charge in [-0.1, -0.05) is 110 Å². The number of carbonyl (C=O) groups is 5. The number of nitrogen functional groups attached to an aromatic ring is 1. The number of hydrogen-bond acceptors (Lipinski definition) is 18. The van der Waals surface area contributed by atoms with E-state index in [-0.39, 0.29) is 17.3 Å². The number of allylic oxidation sites excluding steroid dienone is 1. The van der Waals surface area contributed by atoms with E-state index in [1.807, 2.05) is 33.8 Å². The smallest absolute Gasteiger partial charge is 0.413 e. The zero-order chi connectivity index (χ0) is 67.7. The number of nitrogens with zero attached hydrogens (tertiary/aromatic N) is 5. The van der Waals surface area contributed by atoms with Gasteiger partial charge >= 0.3 is 24.2 Å². The first-order valence-electron chi connectivity index (χ1n) is 27.6. The number of nitrogens with two attached hydrogens (primary N) is 1. The van der Waals surface area contributed by atoms with E-state index in [0.29, 0.717) is 28.6 Å². The number of aliphatic hydroxyl groups is 1. The molecule has 0 saturated carbocycles. The summed E-state index contributed by atoms with van der Waals surface area (Å²) in [7, 11) is -0.773. The SMILES string of the molecule is C=C(C)c1ccc(NC(=O)OC(C)(C)C)nc1.C=P(c1ccccc1)(c1ccccc1)c1ccccc1.CC(C)(C)OC(=O)Nc1ccc([C@](C)(O)COS(C)(=O)=O)cn1.CON(C)C(=O)c1ccc(NC(=O)OC(C)(C)C)nc1.Nc1ccc(C(=O)O)cn1. The average molecular weight is 1280 g/mol. The molecule has 482 valence electrons. The Balaban J connectivity index is 0.000000299.